The molecule has 1 aromatic carbocycles. The van der Waals surface area contributed by atoms with Crippen molar-refractivity contribution in [3.05, 3.63) is 54.6 Å². The Labute approximate surface area is 119 Å². The molecule has 1 heterocycles. The van der Waals surface area contributed by atoms with Gasteiger partial charge in [0.05, 0.1) is 0 Å². The Balaban J connectivity index is 1.62. The van der Waals surface area contributed by atoms with Gasteiger partial charge in [0.15, 0.2) is 0 Å². The molecule has 0 fully saturated rings. The average molecular weight is 272 g/mol. The standard InChI is InChI=1S/C15H20N4O/c1-18(12-14-6-3-2-4-7-14)10-5-8-17-15(20)19-11-9-16-13-19/h2-4,6-7,9,11,13H,5,8,10,12H2,1H3,(H,17,20). The number of carbonyl (C=O) groups excluding carboxylic acids is 1. The molecule has 1 aromatic heterocycles. The van der Waals surface area contributed by atoms with Crippen LogP contribution >= 0.6 is 0 Å². The predicted molar refractivity (Wildman–Crippen MR) is 78.4 cm³/mol. The van der Waals surface area contributed by atoms with Gasteiger partial charge in [0.25, 0.3) is 0 Å². The van der Waals surface area contributed by atoms with E-state index in [0.717, 1.165) is 19.5 Å². The van der Waals surface area contributed by atoms with Crippen LogP contribution < -0.4 is 5.32 Å². The number of imidazole rings is 1. The Morgan fingerprint density at radius 1 is 1.35 bits per heavy atom. The van der Waals surface area contributed by atoms with Gasteiger partial charge in [0.2, 0.25) is 0 Å². The smallest absolute Gasteiger partial charge is 0.326 e. The number of hydrogen-bond donors (Lipinski definition) is 1. The van der Waals surface area contributed by atoms with Gasteiger partial charge in [0, 0.05) is 25.5 Å². The van der Waals surface area contributed by atoms with E-state index in [0.29, 0.717) is 6.54 Å². The van der Waals surface area contributed by atoms with E-state index in [2.05, 4.69) is 46.5 Å². The van der Waals surface area contributed by atoms with Crippen LogP contribution in [-0.2, 0) is 6.54 Å². The second-order valence-electron chi connectivity index (χ2n) is 4.78. The lowest BCUT2D eigenvalue weighted by Gasteiger charge is -2.16. The van der Waals surface area contributed by atoms with Crippen LogP contribution in [0.3, 0.4) is 0 Å². The average Bonchev–Trinajstić information content (AvgIpc) is 2.99. The number of benzene rings is 1. The molecule has 0 aliphatic heterocycles. The highest BCUT2D eigenvalue weighted by molar-refractivity contribution is 5.76. The van der Waals surface area contributed by atoms with Gasteiger partial charge in [-0.25, -0.2) is 9.78 Å². The lowest BCUT2D eigenvalue weighted by atomic mass is 10.2. The molecular weight excluding hydrogens is 252 g/mol. The molecular formula is C15H20N4O. The summed E-state index contributed by atoms with van der Waals surface area (Å²) in [4.78, 5) is 17.7. The van der Waals surface area contributed by atoms with E-state index in [1.54, 1.807) is 12.4 Å². The quantitative estimate of drug-likeness (QED) is 0.818. The minimum atomic E-state index is -0.131. The van der Waals surface area contributed by atoms with E-state index >= 15 is 0 Å². The van der Waals surface area contributed by atoms with Gasteiger partial charge in [-0.15, -0.1) is 0 Å². The van der Waals surface area contributed by atoms with Crippen LogP contribution in [0, 0.1) is 0 Å². The first kappa shape index (κ1) is 14.3. The molecule has 1 N–H and O–H groups in total. The van der Waals surface area contributed by atoms with Crippen molar-refractivity contribution in [2.24, 2.45) is 0 Å². The first-order valence-electron chi connectivity index (χ1n) is 6.74. The van der Waals surface area contributed by atoms with Gasteiger partial charge in [-0.1, -0.05) is 30.3 Å². The highest BCUT2D eigenvalue weighted by Crippen LogP contribution is 2.02. The van der Waals surface area contributed by atoms with E-state index in [-0.39, 0.29) is 6.03 Å². The Morgan fingerprint density at radius 3 is 2.85 bits per heavy atom. The number of nitrogens with zero attached hydrogens (tertiary/aromatic N) is 3. The summed E-state index contributed by atoms with van der Waals surface area (Å²) in [5, 5.41) is 2.86. The van der Waals surface area contributed by atoms with Crippen LogP contribution in [0.1, 0.15) is 12.0 Å². The number of amides is 1. The number of carbonyl (C=O) groups is 1. The van der Waals surface area contributed by atoms with Crippen LogP contribution in [0.5, 0.6) is 0 Å². The largest absolute Gasteiger partial charge is 0.337 e. The maximum atomic E-state index is 11.6. The molecule has 106 valence electrons. The van der Waals surface area contributed by atoms with Crippen molar-refractivity contribution in [3.8, 4) is 0 Å². The minimum Gasteiger partial charge on any atom is -0.337 e. The summed E-state index contributed by atoms with van der Waals surface area (Å²) in [6.45, 7) is 2.53. The van der Waals surface area contributed by atoms with Gasteiger partial charge in [-0.3, -0.25) is 4.57 Å². The fourth-order valence-electron chi connectivity index (χ4n) is 1.99. The van der Waals surface area contributed by atoms with Gasteiger partial charge in [-0.05, 0) is 25.6 Å². The van der Waals surface area contributed by atoms with Crippen LogP contribution in [-0.4, -0.2) is 40.6 Å². The van der Waals surface area contributed by atoms with Crippen molar-refractivity contribution >= 4 is 6.03 Å². The number of aromatic nitrogens is 2. The van der Waals surface area contributed by atoms with Crippen molar-refractivity contribution < 1.29 is 4.79 Å². The molecule has 20 heavy (non-hydrogen) atoms. The summed E-state index contributed by atoms with van der Waals surface area (Å²) in [7, 11) is 2.09. The van der Waals surface area contributed by atoms with Gasteiger partial charge in [-0.2, -0.15) is 0 Å². The molecule has 2 rings (SSSR count). The van der Waals surface area contributed by atoms with Crippen LogP contribution in [0.4, 0.5) is 4.79 Å². The fraction of sp³-hybridized carbons (Fsp3) is 0.333. The first-order chi connectivity index (χ1) is 9.75. The zero-order chi connectivity index (χ0) is 14.2. The zero-order valence-corrected chi connectivity index (χ0v) is 11.7. The van der Waals surface area contributed by atoms with Crippen molar-refractivity contribution in [1.29, 1.82) is 0 Å². The summed E-state index contributed by atoms with van der Waals surface area (Å²) >= 11 is 0. The second-order valence-corrected chi connectivity index (χ2v) is 4.78. The molecule has 1 amide bonds. The van der Waals surface area contributed by atoms with Crippen LogP contribution in [0.2, 0.25) is 0 Å². The third-order valence-corrected chi connectivity index (χ3v) is 3.03. The highest BCUT2D eigenvalue weighted by atomic mass is 16.2. The van der Waals surface area contributed by atoms with Crippen molar-refractivity contribution in [2.75, 3.05) is 20.1 Å². The van der Waals surface area contributed by atoms with E-state index in [1.807, 2.05) is 6.07 Å². The molecule has 0 atom stereocenters. The van der Waals surface area contributed by atoms with E-state index in [1.165, 1.54) is 16.5 Å². The summed E-state index contributed by atoms with van der Waals surface area (Å²) in [6, 6.07) is 10.2. The summed E-state index contributed by atoms with van der Waals surface area (Å²) in [6.07, 6.45) is 5.64. The molecule has 0 bridgehead atoms. The van der Waals surface area contributed by atoms with E-state index in [9.17, 15) is 4.79 Å². The lowest BCUT2D eigenvalue weighted by Crippen LogP contribution is -2.30. The predicted octanol–water partition coefficient (Wildman–Crippen LogP) is 1.96. The second kappa shape index (κ2) is 7.45. The zero-order valence-electron chi connectivity index (χ0n) is 11.7. The summed E-state index contributed by atoms with van der Waals surface area (Å²) in [5.74, 6) is 0. The molecule has 0 aliphatic rings. The maximum Gasteiger partial charge on any atom is 0.326 e. The van der Waals surface area contributed by atoms with E-state index in [4.69, 9.17) is 0 Å². The van der Waals surface area contributed by atoms with Crippen molar-refractivity contribution in [2.45, 2.75) is 13.0 Å². The molecule has 0 saturated carbocycles. The Hall–Kier alpha value is -2.14. The van der Waals surface area contributed by atoms with Gasteiger partial charge >= 0.3 is 6.03 Å². The Morgan fingerprint density at radius 2 is 2.15 bits per heavy atom. The molecule has 0 saturated heterocycles. The molecule has 0 aliphatic carbocycles. The summed E-state index contributed by atoms with van der Waals surface area (Å²) < 4.78 is 1.44. The monoisotopic (exact) mass is 272 g/mol. The Kier molecular flexibility index (Phi) is 5.32. The maximum absolute atomic E-state index is 11.6. The first-order valence-corrected chi connectivity index (χ1v) is 6.74. The van der Waals surface area contributed by atoms with Crippen LogP contribution in [0.25, 0.3) is 0 Å². The molecule has 5 heteroatoms. The minimum absolute atomic E-state index is 0.131. The normalized spacial score (nSPS) is 10.7. The Bertz CT molecular complexity index is 510. The molecule has 0 spiro atoms. The molecule has 0 radical (unpaired) electrons. The summed E-state index contributed by atoms with van der Waals surface area (Å²) in [5.41, 5.74) is 1.30. The molecule has 0 unspecified atom stereocenters. The topological polar surface area (TPSA) is 50.2 Å². The highest BCUT2D eigenvalue weighted by Gasteiger charge is 2.03. The third kappa shape index (κ3) is 4.51. The lowest BCUT2D eigenvalue weighted by molar-refractivity contribution is 0.241. The third-order valence-electron chi connectivity index (χ3n) is 3.03. The SMILES string of the molecule is CN(CCCNC(=O)n1ccnc1)Cc1ccccc1. The number of hydrogen-bond acceptors (Lipinski definition) is 3. The molecule has 5 nitrogen and oxygen atoms in total. The number of rotatable bonds is 6. The van der Waals surface area contributed by atoms with Crippen molar-refractivity contribution in [3.63, 3.8) is 0 Å². The van der Waals surface area contributed by atoms with Crippen LogP contribution in [0.15, 0.2) is 49.1 Å². The van der Waals surface area contributed by atoms with Gasteiger partial charge < -0.3 is 10.2 Å². The van der Waals surface area contributed by atoms with E-state index < -0.39 is 0 Å². The van der Waals surface area contributed by atoms with Crippen molar-refractivity contribution in [1.82, 2.24) is 19.8 Å². The van der Waals surface area contributed by atoms with Gasteiger partial charge in [0.1, 0.15) is 6.33 Å². The molecule has 2 aromatic rings. The number of nitrogens with one attached hydrogen (secondary N) is 1. The fourth-order valence-corrected chi connectivity index (χ4v) is 1.99.